The first-order chi connectivity index (χ1) is 14.7. The lowest BCUT2D eigenvalue weighted by Crippen LogP contribution is -2.13. The van der Waals surface area contributed by atoms with Gasteiger partial charge >= 0.3 is 5.76 Å². The fourth-order valence-corrected chi connectivity index (χ4v) is 3.23. The summed E-state index contributed by atoms with van der Waals surface area (Å²) in [6.45, 7) is 0. The van der Waals surface area contributed by atoms with E-state index < -0.39 is 5.76 Å². The summed E-state index contributed by atoms with van der Waals surface area (Å²) in [6.07, 6.45) is 1.64. The number of rotatable bonds is 4. The number of nitrogens with one attached hydrogen (secondary N) is 2. The van der Waals surface area contributed by atoms with Crippen LogP contribution in [0.25, 0.3) is 33.9 Å². The van der Waals surface area contributed by atoms with Crippen LogP contribution < -0.4 is 11.1 Å². The van der Waals surface area contributed by atoms with Crippen LogP contribution in [0.3, 0.4) is 0 Å². The minimum Gasteiger partial charge on any atom is -0.436 e. The van der Waals surface area contributed by atoms with E-state index in [0.717, 1.165) is 5.56 Å². The van der Waals surface area contributed by atoms with Gasteiger partial charge < -0.3 is 14.2 Å². The molecular weight excluding hydrogens is 382 g/mol. The maximum Gasteiger partial charge on any atom is 0.417 e. The molecule has 0 spiro atoms. The summed E-state index contributed by atoms with van der Waals surface area (Å²) in [6, 6.07) is 21.6. The predicted molar refractivity (Wildman–Crippen MR) is 112 cm³/mol. The smallest absolute Gasteiger partial charge is 0.417 e. The minimum absolute atomic E-state index is 0.324. The summed E-state index contributed by atoms with van der Waals surface area (Å²) in [4.78, 5) is 31.2. The third kappa shape index (κ3) is 3.29. The molecule has 2 heterocycles. The number of oxazole rings is 2. The Balaban J connectivity index is 1.46. The molecule has 5 rings (SSSR count). The van der Waals surface area contributed by atoms with Crippen molar-refractivity contribution >= 4 is 22.7 Å². The van der Waals surface area contributed by atoms with Gasteiger partial charge in [0, 0.05) is 16.8 Å². The van der Waals surface area contributed by atoms with Gasteiger partial charge in [-0.25, -0.2) is 9.78 Å². The first kappa shape index (κ1) is 17.7. The molecule has 3 aromatic carbocycles. The molecule has 2 aromatic heterocycles. The second-order valence-electron chi connectivity index (χ2n) is 6.62. The number of fused-ring (bicyclic) bond motifs is 1. The lowest BCUT2D eigenvalue weighted by molar-refractivity contribution is 0.102. The zero-order valence-electron chi connectivity index (χ0n) is 15.6. The molecule has 0 atom stereocenters. The largest absolute Gasteiger partial charge is 0.436 e. The number of hydrogen-bond acceptors (Lipinski definition) is 5. The number of anilines is 1. The van der Waals surface area contributed by atoms with Crippen molar-refractivity contribution in [3.05, 3.63) is 95.1 Å². The van der Waals surface area contributed by atoms with Crippen LogP contribution in [0.2, 0.25) is 0 Å². The Bertz CT molecular complexity index is 1410. The highest BCUT2D eigenvalue weighted by Crippen LogP contribution is 2.28. The lowest BCUT2D eigenvalue weighted by Gasteiger charge is -2.08. The SMILES string of the molecule is O=C(Nc1ccc2oc(=O)[nH]c2c1)c1ccccc1-c1ncc(-c2ccccc2)o1. The van der Waals surface area contributed by atoms with E-state index in [0.29, 0.717) is 39.6 Å². The lowest BCUT2D eigenvalue weighted by atomic mass is 10.1. The molecule has 5 aromatic rings. The zero-order chi connectivity index (χ0) is 20.5. The molecule has 2 N–H and O–H groups in total. The second-order valence-corrected chi connectivity index (χ2v) is 6.62. The molecule has 1 amide bonds. The van der Waals surface area contributed by atoms with E-state index in [1.165, 1.54) is 0 Å². The average molecular weight is 397 g/mol. The quantitative estimate of drug-likeness (QED) is 0.458. The van der Waals surface area contributed by atoms with E-state index in [1.54, 1.807) is 42.6 Å². The molecule has 0 bridgehead atoms. The number of benzene rings is 3. The third-order valence-electron chi connectivity index (χ3n) is 4.64. The first-order valence-corrected chi connectivity index (χ1v) is 9.22. The molecule has 0 saturated carbocycles. The average Bonchev–Trinajstić information content (AvgIpc) is 3.40. The van der Waals surface area contributed by atoms with Gasteiger partial charge in [0.25, 0.3) is 5.91 Å². The number of hydrogen-bond donors (Lipinski definition) is 2. The van der Waals surface area contributed by atoms with Crippen LogP contribution in [0.4, 0.5) is 5.69 Å². The Morgan fingerprint density at radius 2 is 1.73 bits per heavy atom. The molecule has 146 valence electrons. The van der Waals surface area contributed by atoms with Gasteiger partial charge in [-0.15, -0.1) is 0 Å². The maximum atomic E-state index is 13.0. The number of amides is 1. The van der Waals surface area contributed by atoms with Crippen LogP contribution in [0.15, 0.2) is 92.6 Å². The van der Waals surface area contributed by atoms with Crippen LogP contribution in [-0.4, -0.2) is 15.9 Å². The first-order valence-electron chi connectivity index (χ1n) is 9.22. The van der Waals surface area contributed by atoms with E-state index in [4.69, 9.17) is 8.83 Å². The van der Waals surface area contributed by atoms with Crippen molar-refractivity contribution in [3.8, 4) is 22.8 Å². The number of nitrogens with zero attached hydrogens (tertiary/aromatic N) is 1. The molecule has 0 unspecified atom stereocenters. The van der Waals surface area contributed by atoms with Crippen molar-refractivity contribution in [2.24, 2.45) is 0 Å². The normalized spacial score (nSPS) is 10.9. The van der Waals surface area contributed by atoms with Crippen LogP contribution in [0.5, 0.6) is 0 Å². The van der Waals surface area contributed by atoms with Crippen molar-refractivity contribution in [2.45, 2.75) is 0 Å². The molecule has 0 aliphatic heterocycles. The summed E-state index contributed by atoms with van der Waals surface area (Å²) in [7, 11) is 0. The van der Waals surface area contributed by atoms with Crippen LogP contribution >= 0.6 is 0 Å². The van der Waals surface area contributed by atoms with E-state index in [9.17, 15) is 9.59 Å². The number of carbonyl (C=O) groups excluding carboxylic acids is 1. The monoisotopic (exact) mass is 397 g/mol. The van der Waals surface area contributed by atoms with E-state index >= 15 is 0 Å². The van der Waals surface area contributed by atoms with Crippen molar-refractivity contribution < 1.29 is 13.6 Å². The highest BCUT2D eigenvalue weighted by molar-refractivity contribution is 6.08. The Labute approximate surface area is 170 Å². The molecule has 7 heteroatoms. The van der Waals surface area contributed by atoms with Gasteiger partial charge in [-0.3, -0.25) is 9.78 Å². The van der Waals surface area contributed by atoms with Gasteiger partial charge in [0.15, 0.2) is 11.3 Å². The molecule has 0 radical (unpaired) electrons. The van der Waals surface area contributed by atoms with Crippen molar-refractivity contribution in [2.75, 3.05) is 5.32 Å². The highest BCUT2D eigenvalue weighted by atomic mass is 16.4. The Morgan fingerprint density at radius 1 is 0.933 bits per heavy atom. The zero-order valence-corrected chi connectivity index (χ0v) is 15.6. The summed E-state index contributed by atoms with van der Waals surface area (Å²) >= 11 is 0. The van der Waals surface area contributed by atoms with Crippen molar-refractivity contribution in [1.29, 1.82) is 0 Å². The fraction of sp³-hybridized carbons (Fsp3) is 0. The van der Waals surface area contributed by atoms with Gasteiger partial charge in [0.1, 0.15) is 0 Å². The topological polar surface area (TPSA) is 101 Å². The molecule has 0 aliphatic carbocycles. The van der Waals surface area contributed by atoms with E-state index in [1.807, 2.05) is 36.4 Å². The number of carbonyl (C=O) groups is 1. The summed E-state index contributed by atoms with van der Waals surface area (Å²) in [5, 5.41) is 2.84. The number of aromatic amines is 1. The molecule has 0 aliphatic rings. The van der Waals surface area contributed by atoms with E-state index in [-0.39, 0.29) is 5.91 Å². The summed E-state index contributed by atoms with van der Waals surface area (Å²) in [5.74, 6) is 0.108. The summed E-state index contributed by atoms with van der Waals surface area (Å²) < 4.78 is 10.9. The Hall–Kier alpha value is -4.39. The van der Waals surface area contributed by atoms with Crippen molar-refractivity contribution in [3.63, 3.8) is 0 Å². The van der Waals surface area contributed by atoms with Gasteiger partial charge in [0.05, 0.1) is 17.3 Å². The third-order valence-corrected chi connectivity index (χ3v) is 4.64. The van der Waals surface area contributed by atoms with Crippen LogP contribution in [0.1, 0.15) is 10.4 Å². The predicted octanol–water partition coefficient (Wildman–Crippen LogP) is 4.70. The van der Waals surface area contributed by atoms with E-state index in [2.05, 4.69) is 15.3 Å². The molecular formula is C23H15N3O4. The molecule has 30 heavy (non-hydrogen) atoms. The highest BCUT2D eigenvalue weighted by Gasteiger charge is 2.17. The number of aromatic nitrogens is 2. The number of H-pyrrole nitrogens is 1. The Kier molecular flexibility index (Phi) is 4.25. The fourth-order valence-electron chi connectivity index (χ4n) is 3.23. The Morgan fingerprint density at radius 3 is 2.60 bits per heavy atom. The second kappa shape index (κ2) is 7.21. The minimum atomic E-state index is -0.545. The molecule has 0 fully saturated rings. The van der Waals surface area contributed by atoms with Gasteiger partial charge in [-0.2, -0.15) is 0 Å². The standard InChI is InChI=1S/C23H15N3O4/c27-21(25-15-10-11-19-18(12-15)26-23(28)30-19)16-8-4-5-9-17(16)22-24-13-20(29-22)14-6-2-1-3-7-14/h1-13H,(H,25,27)(H,26,28). The van der Waals surface area contributed by atoms with Gasteiger partial charge in [-0.05, 0) is 30.3 Å². The van der Waals surface area contributed by atoms with Gasteiger partial charge in [0.2, 0.25) is 5.89 Å². The molecule has 0 saturated heterocycles. The van der Waals surface area contributed by atoms with Crippen LogP contribution in [-0.2, 0) is 0 Å². The van der Waals surface area contributed by atoms with Crippen molar-refractivity contribution in [1.82, 2.24) is 9.97 Å². The van der Waals surface area contributed by atoms with Crippen LogP contribution in [0, 0.1) is 0 Å². The summed E-state index contributed by atoms with van der Waals surface area (Å²) in [5.41, 5.74) is 3.35. The van der Waals surface area contributed by atoms with Gasteiger partial charge in [-0.1, -0.05) is 42.5 Å². The maximum absolute atomic E-state index is 13.0. The molecule has 7 nitrogen and oxygen atoms in total.